The lowest BCUT2D eigenvalue weighted by molar-refractivity contribution is 0.0945. The summed E-state index contributed by atoms with van der Waals surface area (Å²) in [6.45, 7) is 0.714. The highest BCUT2D eigenvalue weighted by Crippen LogP contribution is 2.42. The number of hydrogen-bond acceptors (Lipinski definition) is 4. The summed E-state index contributed by atoms with van der Waals surface area (Å²) in [5, 5.41) is 4.75. The number of fused-ring (bicyclic) bond motifs is 1. The molecule has 3 N–H and O–H groups in total. The number of rotatable bonds is 4. The topological polar surface area (TPSA) is 68.0 Å². The number of hydrogen-bond donors (Lipinski definition) is 2. The number of pyridine rings is 1. The second-order valence-corrected chi connectivity index (χ2v) is 6.80. The standard InChI is InChI=1S/C16H19N3OS/c1-21-16(7-4-8-16)10-19-15(20)13-9-18-14(17)12-6-3-2-5-11(12)13/h2-3,5-6,9H,4,7-8,10H2,1H3,(H2,17,18)(H,19,20). The van der Waals surface area contributed by atoms with Gasteiger partial charge >= 0.3 is 0 Å². The minimum atomic E-state index is -0.0703. The van der Waals surface area contributed by atoms with Gasteiger partial charge in [0.2, 0.25) is 0 Å². The lowest BCUT2D eigenvalue weighted by Gasteiger charge is -2.40. The van der Waals surface area contributed by atoms with E-state index in [2.05, 4.69) is 16.6 Å². The zero-order chi connectivity index (χ0) is 14.9. The van der Waals surface area contributed by atoms with E-state index in [0.717, 1.165) is 10.8 Å². The van der Waals surface area contributed by atoms with Crippen LogP contribution in [0.25, 0.3) is 10.8 Å². The Morgan fingerprint density at radius 1 is 1.38 bits per heavy atom. The van der Waals surface area contributed by atoms with E-state index < -0.39 is 0 Å². The Hall–Kier alpha value is -1.75. The predicted molar refractivity (Wildman–Crippen MR) is 88.6 cm³/mol. The Morgan fingerprint density at radius 2 is 2.10 bits per heavy atom. The molecule has 3 rings (SSSR count). The molecule has 0 saturated heterocycles. The zero-order valence-corrected chi connectivity index (χ0v) is 12.9. The smallest absolute Gasteiger partial charge is 0.253 e. The quantitative estimate of drug-likeness (QED) is 0.911. The monoisotopic (exact) mass is 301 g/mol. The van der Waals surface area contributed by atoms with Gasteiger partial charge in [-0.1, -0.05) is 30.7 Å². The van der Waals surface area contributed by atoms with Gasteiger partial charge in [0.1, 0.15) is 5.82 Å². The molecule has 0 radical (unpaired) electrons. The van der Waals surface area contributed by atoms with Gasteiger partial charge in [0.15, 0.2) is 0 Å². The van der Waals surface area contributed by atoms with Crippen LogP contribution in [0.5, 0.6) is 0 Å². The second kappa shape index (κ2) is 5.56. The number of nitrogens with two attached hydrogens (primary N) is 1. The number of thioether (sulfide) groups is 1. The number of benzene rings is 1. The molecule has 1 aliphatic rings. The molecule has 1 aromatic carbocycles. The molecule has 1 saturated carbocycles. The Morgan fingerprint density at radius 3 is 2.71 bits per heavy atom. The Bertz CT molecular complexity index is 677. The van der Waals surface area contributed by atoms with Gasteiger partial charge in [0, 0.05) is 22.9 Å². The highest BCUT2D eigenvalue weighted by atomic mass is 32.2. The van der Waals surface area contributed by atoms with Gasteiger partial charge in [-0.15, -0.1) is 0 Å². The van der Waals surface area contributed by atoms with Crippen LogP contribution in [0.3, 0.4) is 0 Å². The Kier molecular flexibility index (Phi) is 3.76. The summed E-state index contributed by atoms with van der Waals surface area (Å²) in [6.07, 6.45) is 7.29. The molecule has 0 bridgehead atoms. The molecule has 0 aliphatic heterocycles. The molecule has 110 valence electrons. The summed E-state index contributed by atoms with van der Waals surface area (Å²) in [4.78, 5) is 16.6. The summed E-state index contributed by atoms with van der Waals surface area (Å²) >= 11 is 1.85. The fraction of sp³-hybridized carbons (Fsp3) is 0.375. The number of nitrogens with zero attached hydrogens (tertiary/aromatic N) is 1. The van der Waals surface area contributed by atoms with E-state index in [1.807, 2.05) is 36.0 Å². The number of carbonyl (C=O) groups is 1. The fourth-order valence-electron chi connectivity index (χ4n) is 2.76. The lowest BCUT2D eigenvalue weighted by atomic mass is 9.84. The van der Waals surface area contributed by atoms with Crippen LogP contribution in [0, 0.1) is 0 Å². The highest BCUT2D eigenvalue weighted by Gasteiger charge is 2.36. The lowest BCUT2D eigenvalue weighted by Crippen LogP contribution is -2.45. The first-order chi connectivity index (χ1) is 10.2. The maximum absolute atomic E-state index is 12.5. The SMILES string of the molecule is CSC1(CNC(=O)c2cnc(N)c3ccccc23)CCC1. The van der Waals surface area contributed by atoms with Crippen molar-refractivity contribution in [3.63, 3.8) is 0 Å². The summed E-state index contributed by atoms with van der Waals surface area (Å²) < 4.78 is 0.229. The van der Waals surface area contributed by atoms with Gasteiger partial charge < -0.3 is 11.1 Å². The average Bonchev–Trinajstić information content (AvgIpc) is 2.47. The number of aromatic nitrogens is 1. The maximum Gasteiger partial charge on any atom is 0.253 e. The van der Waals surface area contributed by atoms with Gasteiger partial charge in [0.05, 0.1) is 5.56 Å². The first kappa shape index (κ1) is 14.2. The van der Waals surface area contributed by atoms with Crippen molar-refractivity contribution in [2.45, 2.75) is 24.0 Å². The van der Waals surface area contributed by atoms with Crippen molar-refractivity contribution in [1.82, 2.24) is 10.3 Å². The molecule has 5 heteroatoms. The molecule has 2 aromatic rings. The summed E-state index contributed by atoms with van der Waals surface area (Å²) in [6, 6.07) is 7.62. The van der Waals surface area contributed by atoms with Crippen LogP contribution in [-0.2, 0) is 0 Å². The van der Waals surface area contributed by atoms with Crippen LogP contribution in [0.15, 0.2) is 30.5 Å². The van der Waals surface area contributed by atoms with Crippen LogP contribution in [0.1, 0.15) is 29.6 Å². The van der Waals surface area contributed by atoms with Crippen molar-refractivity contribution >= 4 is 34.3 Å². The van der Waals surface area contributed by atoms with E-state index in [9.17, 15) is 4.79 Å². The fourth-order valence-corrected chi connectivity index (χ4v) is 3.67. The van der Waals surface area contributed by atoms with Crippen LogP contribution in [0.2, 0.25) is 0 Å². The third kappa shape index (κ3) is 2.58. The van der Waals surface area contributed by atoms with Gasteiger partial charge in [-0.2, -0.15) is 11.8 Å². The molecule has 1 amide bonds. The summed E-state index contributed by atoms with van der Waals surface area (Å²) in [7, 11) is 0. The van der Waals surface area contributed by atoms with Crippen molar-refractivity contribution in [3.05, 3.63) is 36.0 Å². The van der Waals surface area contributed by atoms with Gasteiger partial charge in [-0.3, -0.25) is 4.79 Å². The van der Waals surface area contributed by atoms with Gasteiger partial charge in [-0.05, 0) is 24.5 Å². The normalized spacial score (nSPS) is 16.4. The molecule has 4 nitrogen and oxygen atoms in total. The molecule has 21 heavy (non-hydrogen) atoms. The van der Waals surface area contributed by atoms with Crippen LogP contribution in [-0.4, -0.2) is 28.4 Å². The number of nitrogens with one attached hydrogen (secondary N) is 1. The van der Waals surface area contributed by atoms with Crippen LogP contribution < -0.4 is 11.1 Å². The van der Waals surface area contributed by atoms with E-state index in [4.69, 9.17) is 5.73 Å². The van der Waals surface area contributed by atoms with Gasteiger partial charge in [0.25, 0.3) is 5.91 Å². The van der Waals surface area contributed by atoms with Crippen LogP contribution >= 0.6 is 11.8 Å². The summed E-state index contributed by atoms with van der Waals surface area (Å²) in [5.41, 5.74) is 6.47. The molecule has 0 unspecified atom stereocenters. The van der Waals surface area contributed by atoms with Crippen molar-refractivity contribution < 1.29 is 4.79 Å². The average molecular weight is 301 g/mol. The van der Waals surface area contributed by atoms with E-state index in [1.54, 1.807) is 6.20 Å². The number of carbonyl (C=O) groups excluding carboxylic acids is 1. The van der Waals surface area contributed by atoms with E-state index >= 15 is 0 Å². The maximum atomic E-state index is 12.5. The number of anilines is 1. The van der Waals surface area contributed by atoms with E-state index in [0.29, 0.717) is 17.9 Å². The molecule has 0 spiro atoms. The molecular weight excluding hydrogens is 282 g/mol. The molecular formula is C16H19N3OS. The molecule has 1 aromatic heterocycles. The Labute approximate surface area is 128 Å². The van der Waals surface area contributed by atoms with Crippen molar-refractivity contribution in [2.75, 3.05) is 18.5 Å². The largest absolute Gasteiger partial charge is 0.383 e. The van der Waals surface area contributed by atoms with Crippen molar-refractivity contribution in [3.8, 4) is 0 Å². The predicted octanol–water partition coefficient (Wildman–Crippen LogP) is 2.83. The third-order valence-corrected chi connectivity index (χ3v) is 5.76. The number of nitrogen functional groups attached to an aromatic ring is 1. The van der Waals surface area contributed by atoms with E-state index in [-0.39, 0.29) is 10.7 Å². The minimum absolute atomic E-state index is 0.0703. The van der Waals surface area contributed by atoms with E-state index in [1.165, 1.54) is 19.3 Å². The molecule has 1 heterocycles. The first-order valence-corrected chi connectivity index (χ1v) is 8.34. The van der Waals surface area contributed by atoms with Gasteiger partial charge in [-0.25, -0.2) is 4.98 Å². The first-order valence-electron chi connectivity index (χ1n) is 7.12. The Balaban J connectivity index is 1.83. The van der Waals surface area contributed by atoms with Crippen LogP contribution in [0.4, 0.5) is 5.82 Å². The highest BCUT2D eigenvalue weighted by molar-refractivity contribution is 8.00. The molecule has 0 atom stereocenters. The van der Waals surface area contributed by atoms with Crippen molar-refractivity contribution in [1.29, 1.82) is 0 Å². The summed E-state index contributed by atoms with van der Waals surface area (Å²) in [5.74, 6) is 0.390. The minimum Gasteiger partial charge on any atom is -0.383 e. The molecule has 1 aliphatic carbocycles. The zero-order valence-electron chi connectivity index (χ0n) is 12.1. The third-order valence-electron chi connectivity index (χ3n) is 4.34. The van der Waals surface area contributed by atoms with Crippen molar-refractivity contribution in [2.24, 2.45) is 0 Å². The molecule has 1 fully saturated rings. The second-order valence-electron chi connectivity index (χ2n) is 5.53. The number of amides is 1.